The molecule has 116 valence electrons. The van der Waals surface area contributed by atoms with Crippen LogP contribution in [-0.4, -0.2) is 24.1 Å². The Morgan fingerprint density at radius 1 is 1.33 bits per heavy atom. The molecular weight excluding hydrogens is 271 g/mol. The molecule has 5 heteroatoms. The van der Waals surface area contributed by atoms with Crippen LogP contribution in [0.4, 0.5) is 4.39 Å². The van der Waals surface area contributed by atoms with Crippen LogP contribution in [0.3, 0.4) is 0 Å². The quantitative estimate of drug-likeness (QED) is 0.812. The molecular formula is C16H23FN2O2. The third-order valence-corrected chi connectivity index (χ3v) is 3.22. The number of nitrogens with one attached hydrogen (secondary N) is 2. The lowest BCUT2D eigenvalue weighted by Crippen LogP contribution is -2.40. The third kappa shape index (κ3) is 5.34. The molecule has 0 aromatic heterocycles. The minimum Gasteiger partial charge on any atom is -0.481 e. The predicted molar refractivity (Wildman–Crippen MR) is 79.6 cm³/mol. The van der Waals surface area contributed by atoms with Crippen molar-refractivity contribution in [2.45, 2.75) is 58.3 Å². The molecule has 0 spiro atoms. The fourth-order valence-corrected chi connectivity index (χ4v) is 2.00. The Morgan fingerprint density at radius 3 is 2.67 bits per heavy atom. The van der Waals surface area contributed by atoms with Crippen molar-refractivity contribution < 1.29 is 13.9 Å². The van der Waals surface area contributed by atoms with E-state index in [1.165, 1.54) is 25.0 Å². The van der Waals surface area contributed by atoms with Gasteiger partial charge in [-0.3, -0.25) is 4.79 Å². The predicted octanol–water partition coefficient (Wildman–Crippen LogP) is 2.37. The minimum atomic E-state index is -0.654. The Labute approximate surface area is 125 Å². The van der Waals surface area contributed by atoms with Gasteiger partial charge in [0.15, 0.2) is 6.10 Å². The summed E-state index contributed by atoms with van der Waals surface area (Å²) in [7, 11) is 0. The zero-order chi connectivity index (χ0) is 15.4. The van der Waals surface area contributed by atoms with Gasteiger partial charge in [-0.15, -0.1) is 0 Å². The monoisotopic (exact) mass is 294 g/mol. The molecule has 1 aromatic carbocycles. The molecule has 1 atom stereocenters. The van der Waals surface area contributed by atoms with Gasteiger partial charge in [0.1, 0.15) is 11.6 Å². The molecule has 1 saturated carbocycles. The van der Waals surface area contributed by atoms with Gasteiger partial charge in [0.2, 0.25) is 0 Å². The lowest BCUT2D eigenvalue weighted by Gasteiger charge is -2.17. The molecule has 1 aliphatic carbocycles. The Bertz CT molecular complexity index is 501. The summed E-state index contributed by atoms with van der Waals surface area (Å²) in [4.78, 5) is 11.8. The first-order valence-electron chi connectivity index (χ1n) is 7.44. The highest BCUT2D eigenvalue weighted by molar-refractivity contribution is 5.80. The van der Waals surface area contributed by atoms with E-state index in [-0.39, 0.29) is 17.8 Å². The summed E-state index contributed by atoms with van der Waals surface area (Å²) in [5.74, 6) is -0.169. The number of amides is 1. The molecule has 1 fully saturated rings. The Kier molecular flexibility index (Phi) is 5.17. The van der Waals surface area contributed by atoms with Crippen molar-refractivity contribution in [3.05, 3.63) is 29.6 Å². The normalized spacial score (nSPS) is 15.9. The number of hydrogen-bond donors (Lipinski definition) is 2. The van der Waals surface area contributed by atoms with Crippen molar-refractivity contribution in [3.63, 3.8) is 0 Å². The molecule has 1 amide bonds. The van der Waals surface area contributed by atoms with Crippen molar-refractivity contribution in [2.24, 2.45) is 0 Å². The average Bonchev–Trinajstić information content (AvgIpc) is 3.18. The second kappa shape index (κ2) is 6.89. The number of carbonyl (C=O) groups excluding carboxylic acids is 1. The molecule has 1 aliphatic rings. The van der Waals surface area contributed by atoms with Crippen molar-refractivity contribution in [3.8, 4) is 5.75 Å². The van der Waals surface area contributed by atoms with E-state index in [0.717, 1.165) is 5.56 Å². The summed E-state index contributed by atoms with van der Waals surface area (Å²) in [6.45, 7) is 6.04. The van der Waals surface area contributed by atoms with E-state index < -0.39 is 6.10 Å². The molecule has 2 rings (SSSR count). The van der Waals surface area contributed by atoms with Gasteiger partial charge in [-0.1, -0.05) is 0 Å². The summed E-state index contributed by atoms with van der Waals surface area (Å²) >= 11 is 0. The molecule has 1 aromatic rings. The largest absolute Gasteiger partial charge is 0.481 e. The van der Waals surface area contributed by atoms with Crippen molar-refractivity contribution >= 4 is 5.91 Å². The highest BCUT2D eigenvalue weighted by atomic mass is 19.1. The van der Waals surface area contributed by atoms with E-state index in [1.54, 1.807) is 13.0 Å². The second-order valence-corrected chi connectivity index (χ2v) is 5.87. The van der Waals surface area contributed by atoms with Crippen molar-refractivity contribution in [2.75, 3.05) is 0 Å². The molecule has 4 nitrogen and oxygen atoms in total. The van der Waals surface area contributed by atoms with Crippen LogP contribution in [0.1, 0.15) is 39.2 Å². The van der Waals surface area contributed by atoms with Gasteiger partial charge >= 0.3 is 0 Å². The number of halogens is 1. The number of benzene rings is 1. The highest BCUT2D eigenvalue weighted by Gasteiger charge is 2.20. The summed E-state index contributed by atoms with van der Waals surface area (Å²) in [5.41, 5.74) is 0.827. The summed E-state index contributed by atoms with van der Waals surface area (Å²) in [6.07, 6.45) is 1.72. The topological polar surface area (TPSA) is 50.4 Å². The first-order valence-corrected chi connectivity index (χ1v) is 7.44. The number of rotatable bonds is 7. The van der Waals surface area contributed by atoms with Gasteiger partial charge in [-0.2, -0.15) is 0 Å². The van der Waals surface area contributed by atoms with E-state index in [4.69, 9.17) is 4.74 Å². The second-order valence-electron chi connectivity index (χ2n) is 5.87. The number of ether oxygens (including phenoxy) is 1. The van der Waals surface area contributed by atoms with E-state index in [2.05, 4.69) is 10.6 Å². The Balaban J connectivity index is 1.96. The SMILES string of the molecule is CC(C)NC(=O)C(C)Oc1cc(F)cc(CNC2CC2)c1. The zero-order valence-corrected chi connectivity index (χ0v) is 12.8. The molecule has 0 radical (unpaired) electrons. The fourth-order valence-electron chi connectivity index (χ4n) is 2.00. The van der Waals surface area contributed by atoms with Crippen LogP contribution < -0.4 is 15.4 Å². The molecule has 2 N–H and O–H groups in total. The summed E-state index contributed by atoms with van der Waals surface area (Å²) in [6, 6.07) is 5.18. The third-order valence-electron chi connectivity index (χ3n) is 3.22. The van der Waals surface area contributed by atoms with E-state index >= 15 is 0 Å². The molecule has 0 aliphatic heterocycles. The van der Waals surface area contributed by atoms with E-state index in [1.807, 2.05) is 13.8 Å². The van der Waals surface area contributed by atoms with Gasteiger partial charge in [0, 0.05) is 24.7 Å². The molecule has 0 bridgehead atoms. The molecule has 21 heavy (non-hydrogen) atoms. The van der Waals surface area contributed by atoms with E-state index in [0.29, 0.717) is 18.3 Å². The van der Waals surface area contributed by atoms with Crippen LogP contribution in [0.25, 0.3) is 0 Å². The summed E-state index contributed by atoms with van der Waals surface area (Å²) in [5, 5.41) is 6.10. The van der Waals surface area contributed by atoms with Gasteiger partial charge < -0.3 is 15.4 Å². The molecule has 1 unspecified atom stereocenters. The maximum atomic E-state index is 13.6. The van der Waals surface area contributed by atoms with Crippen LogP contribution in [0.2, 0.25) is 0 Å². The lowest BCUT2D eigenvalue weighted by molar-refractivity contribution is -0.127. The minimum absolute atomic E-state index is 0.0503. The first kappa shape index (κ1) is 15.8. The maximum absolute atomic E-state index is 13.6. The first-order chi connectivity index (χ1) is 9.94. The molecule has 0 saturated heterocycles. The van der Waals surface area contributed by atoms with Crippen LogP contribution in [0.15, 0.2) is 18.2 Å². The van der Waals surface area contributed by atoms with Crippen LogP contribution in [-0.2, 0) is 11.3 Å². The van der Waals surface area contributed by atoms with Gasteiger partial charge in [-0.05, 0) is 51.3 Å². The van der Waals surface area contributed by atoms with Crippen LogP contribution in [0.5, 0.6) is 5.75 Å². The average molecular weight is 294 g/mol. The Hall–Kier alpha value is -1.62. The van der Waals surface area contributed by atoms with Gasteiger partial charge in [0.05, 0.1) is 0 Å². The zero-order valence-electron chi connectivity index (χ0n) is 12.8. The summed E-state index contributed by atoms with van der Waals surface area (Å²) < 4.78 is 19.2. The van der Waals surface area contributed by atoms with Gasteiger partial charge in [-0.25, -0.2) is 4.39 Å². The maximum Gasteiger partial charge on any atom is 0.260 e. The Morgan fingerprint density at radius 2 is 2.05 bits per heavy atom. The van der Waals surface area contributed by atoms with Gasteiger partial charge in [0.25, 0.3) is 5.91 Å². The van der Waals surface area contributed by atoms with Crippen molar-refractivity contribution in [1.29, 1.82) is 0 Å². The van der Waals surface area contributed by atoms with Crippen LogP contribution >= 0.6 is 0 Å². The van der Waals surface area contributed by atoms with Crippen molar-refractivity contribution in [1.82, 2.24) is 10.6 Å². The highest BCUT2D eigenvalue weighted by Crippen LogP contribution is 2.21. The van der Waals surface area contributed by atoms with Crippen LogP contribution in [0, 0.1) is 5.82 Å². The fraction of sp³-hybridized carbons (Fsp3) is 0.562. The smallest absolute Gasteiger partial charge is 0.260 e. The standard InChI is InChI=1S/C16H23FN2O2/c1-10(2)19-16(20)11(3)21-15-7-12(6-13(17)8-15)9-18-14-4-5-14/h6-8,10-11,14,18H,4-5,9H2,1-3H3,(H,19,20). The number of hydrogen-bond acceptors (Lipinski definition) is 3. The molecule has 0 heterocycles. The van der Waals surface area contributed by atoms with E-state index in [9.17, 15) is 9.18 Å². The number of carbonyl (C=O) groups is 1. The lowest BCUT2D eigenvalue weighted by atomic mass is 10.2.